The molecule has 160 valence electrons. The Bertz CT molecular complexity index is 724. The van der Waals surface area contributed by atoms with E-state index < -0.39 is 5.60 Å². The molecule has 29 heavy (non-hydrogen) atoms. The zero-order valence-corrected chi connectivity index (χ0v) is 17.9. The van der Waals surface area contributed by atoms with Gasteiger partial charge in [-0.1, -0.05) is 33.1 Å². The zero-order chi connectivity index (χ0) is 20.9. The first-order valence-corrected chi connectivity index (χ1v) is 10.8. The Labute approximate surface area is 173 Å². The minimum atomic E-state index is -0.525. The molecule has 0 bridgehead atoms. The number of fused-ring (bicyclic) bond motifs is 1. The molecule has 1 aromatic carbocycles. The molecule has 6 nitrogen and oxygen atoms in total. The molecule has 1 saturated heterocycles. The van der Waals surface area contributed by atoms with Gasteiger partial charge in [0.15, 0.2) is 5.78 Å². The summed E-state index contributed by atoms with van der Waals surface area (Å²) in [6.07, 6.45) is 5.81. The van der Waals surface area contributed by atoms with Gasteiger partial charge in [0.05, 0.1) is 25.7 Å². The van der Waals surface area contributed by atoms with Gasteiger partial charge in [-0.15, -0.1) is 0 Å². The summed E-state index contributed by atoms with van der Waals surface area (Å²) in [5.74, 6) is 1.77. The van der Waals surface area contributed by atoms with Gasteiger partial charge in [-0.25, -0.2) is 4.79 Å². The molecular formula is C23H33NO5. The summed E-state index contributed by atoms with van der Waals surface area (Å²) in [5.41, 5.74) is 0.0530. The molecule has 1 atom stereocenters. The van der Waals surface area contributed by atoms with Crippen LogP contribution in [0.15, 0.2) is 18.2 Å². The monoisotopic (exact) mass is 403 g/mol. The van der Waals surface area contributed by atoms with Crippen LogP contribution < -0.4 is 9.47 Å². The van der Waals surface area contributed by atoms with Gasteiger partial charge in [0.2, 0.25) is 0 Å². The molecule has 1 aromatic rings. The van der Waals surface area contributed by atoms with Crippen LogP contribution in [0.5, 0.6) is 11.5 Å². The maximum atomic E-state index is 12.7. The zero-order valence-electron chi connectivity index (χ0n) is 17.9. The molecule has 6 heteroatoms. The van der Waals surface area contributed by atoms with Gasteiger partial charge in [-0.2, -0.15) is 0 Å². The Hall–Kier alpha value is -2.24. The Morgan fingerprint density at radius 2 is 2.03 bits per heavy atom. The molecule has 1 fully saturated rings. The first kappa shape index (κ1) is 21.5. The van der Waals surface area contributed by atoms with Crippen molar-refractivity contribution in [2.75, 3.05) is 26.8 Å². The number of ketones is 1. The quantitative estimate of drug-likeness (QED) is 0.651. The van der Waals surface area contributed by atoms with E-state index in [1.165, 1.54) is 6.42 Å². The lowest BCUT2D eigenvalue weighted by molar-refractivity contribution is -0.0107. The highest BCUT2D eigenvalue weighted by molar-refractivity contribution is 6.00. The van der Waals surface area contributed by atoms with Crippen molar-refractivity contribution in [3.8, 4) is 11.5 Å². The number of carbonyl (C=O) groups excluding carboxylic acids is 2. The number of carbonyl (C=O) groups is 2. The highest BCUT2D eigenvalue weighted by Gasteiger charge is 2.44. The van der Waals surface area contributed by atoms with Crippen LogP contribution in [0.4, 0.5) is 4.79 Å². The van der Waals surface area contributed by atoms with Gasteiger partial charge in [-0.3, -0.25) is 4.79 Å². The molecule has 2 aliphatic rings. The van der Waals surface area contributed by atoms with Crippen molar-refractivity contribution >= 4 is 11.9 Å². The number of piperidine rings is 1. The maximum Gasteiger partial charge on any atom is 0.409 e. The topological polar surface area (TPSA) is 65.1 Å². The molecule has 3 rings (SSSR count). The lowest BCUT2D eigenvalue weighted by Crippen LogP contribution is -2.52. The normalized spacial score (nSPS) is 18.7. The lowest BCUT2D eigenvalue weighted by Gasteiger charge is -2.43. The third kappa shape index (κ3) is 5.03. The largest absolute Gasteiger partial charge is 0.497 e. The minimum Gasteiger partial charge on any atom is -0.497 e. The van der Waals surface area contributed by atoms with E-state index in [1.807, 2.05) is 0 Å². The molecule has 1 spiro atoms. The number of hydrogen-bond acceptors (Lipinski definition) is 5. The van der Waals surface area contributed by atoms with Crippen molar-refractivity contribution in [3.05, 3.63) is 23.8 Å². The van der Waals surface area contributed by atoms with Crippen molar-refractivity contribution in [3.63, 3.8) is 0 Å². The highest BCUT2D eigenvalue weighted by Crippen LogP contribution is 2.40. The van der Waals surface area contributed by atoms with Crippen molar-refractivity contribution < 1.29 is 23.8 Å². The number of unbranched alkanes of at least 4 members (excludes halogenated alkanes) is 1. The fraction of sp³-hybridized carbons (Fsp3) is 0.652. The van der Waals surface area contributed by atoms with Crippen LogP contribution in [0, 0.1) is 5.92 Å². The second kappa shape index (κ2) is 9.51. The number of methoxy groups -OCH3 is 1. The average molecular weight is 404 g/mol. The molecule has 0 aromatic heterocycles. The molecule has 2 heterocycles. The van der Waals surface area contributed by atoms with Gasteiger partial charge >= 0.3 is 6.09 Å². The van der Waals surface area contributed by atoms with Crippen LogP contribution in [0.3, 0.4) is 0 Å². The van der Waals surface area contributed by atoms with Crippen molar-refractivity contribution in [1.29, 1.82) is 0 Å². The van der Waals surface area contributed by atoms with Crippen molar-refractivity contribution in [2.45, 2.75) is 64.4 Å². The number of nitrogens with zero attached hydrogens (tertiary/aromatic N) is 1. The van der Waals surface area contributed by atoms with Crippen LogP contribution in [0.1, 0.15) is 69.2 Å². The molecule has 0 aliphatic carbocycles. The predicted octanol–water partition coefficient (Wildman–Crippen LogP) is 4.85. The summed E-state index contributed by atoms with van der Waals surface area (Å²) in [4.78, 5) is 26.9. The summed E-state index contributed by atoms with van der Waals surface area (Å²) < 4.78 is 17.0. The molecule has 0 radical (unpaired) electrons. The predicted molar refractivity (Wildman–Crippen MR) is 111 cm³/mol. The number of ether oxygens (including phenoxy) is 3. The third-order valence-electron chi connectivity index (χ3n) is 6.21. The van der Waals surface area contributed by atoms with E-state index >= 15 is 0 Å². The smallest absolute Gasteiger partial charge is 0.409 e. The minimum absolute atomic E-state index is 0.0721. The summed E-state index contributed by atoms with van der Waals surface area (Å²) in [7, 11) is 1.58. The maximum absolute atomic E-state index is 12.7. The number of amides is 1. The molecule has 0 saturated carbocycles. The Kier molecular flexibility index (Phi) is 7.04. The van der Waals surface area contributed by atoms with Gasteiger partial charge < -0.3 is 19.1 Å². The van der Waals surface area contributed by atoms with Crippen LogP contribution in [0.25, 0.3) is 0 Å². The van der Waals surface area contributed by atoms with E-state index in [-0.39, 0.29) is 11.9 Å². The Balaban J connectivity index is 1.54. The van der Waals surface area contributed by atoms with Gasteiger partial charge in [-0.05, 0) is 30.5 Å². The average Bonchev–Trinajstić information content (AvgIpc) is 2.74. The number of benzene rings is 1. The third-order valence-corrected chi connectivity index (χ3v) is 6.21. The van der Waals surface area contributed by atoms with Gasteiger partial charge in [0, 0.05) is 25.9 Å². The Morgan fingerprint density at radius 3 is 2.69 bits per heavy atom. The SMILES string of the molecule is CCCCC(CC)COC(=O)N1CCC2(CC1)CC(=O)c1cc(OC)ccc1O2. The van der Waals surface area contributed by atoms with Crippen LogP contribution in [-0.2, 0) is 4.74 Å². The van der Waals surface area contributed by atoms with E-state index in [1.54, 1.807) is 30.2 Å². The highest BCUT2D eigenvalue weighted by atomic mass is 16.6. The van der Waals surface area contributed by atoms with E-state index in [0.717, 1.165) is 19.3 Å². The molecule has 2 aliphatic heterocycles. The van der Waals surface area contributed by atoms with Gasteiger partial charge in [0.1, 0.15) is 17.1 Å². The number of hydrogen-bond donors (Lipinski definition) is 0. The Morgan fingerprint density at radius 1 is 1.28 bits per heavy atom. The molecule has 1 unspecified atom stereocenters. The van der Waals surface area contributed by atoms with E-state index in [2.05, 4.69) is 13.8 Å². The van der Waals surface area contributed by atoms with Crippen molar-refractivity contribution in [1.82, 2.24) is 4.90 Å². The summed E-state index contributed by atoms with van der Waals surface area (Å²) in [6.45, 7) is 5.90. The molecule has 1 amide bonds. The van der Waals surface area contributed by atoms with Crippen LogP contribution >= 0.6 is 0 Å². The fourth-order valence-corrected chi connectivity index (χ4v) is 4.15. The number of rotatable bonds is 7. The summed E-state index contributed by atoms with van der Waals surface area (Å²) >= 11 is 0. The second-order valence-electron chi connectivity index (χ2n) is 8.23. The first-order valence-electron chi connectivity index (χ1n) is 10.8. The number of likely N-dealkylation sites (tertiary alicyclic amines) is 1. The van der Waals surface area contributed by atoms with E-state index in [9.17, 15) is 9.59 Å². The lowest BCUT2D eigenvalue weighted by atomic mass is 9.82. The van der Waals surface area contributed by atoms with Crippen LogP contribution in [-0.4, -0.2) is 49.2 Å². The fourth-order valence-electron chi connectivity index (χ4n) is 4.15. The summed E-state index contributed by atoms with van der Waals surface area (Å²) in [6, 6.07) is 5.34. The van der Waals surface area contributed by atoms with E-state index in [4.69, 9.17) is 14.2 Å². The van der Waals surface area contributed by atoms with Crippen molar-refractivity contribution in [2.24, 2.45) is 5.92 Å². The number of Topliss-reactive ketones (excluding diaryl/α,β-unsaturated/α-hetero) is 1. The molecular weight excluding hydrogens is 370 g/mol. The van der Waals surface area contributed by atoms with Gasteiger partial charge in [0.25, 0.3) is 0 Å². The molecule has 0 N–H and O–H groups in total. The van der Waals surface area contributed by atoms with Crippen LogP contribution in [0.2, 0.25) is 0 Å². The summed E-state index contributed by atoms with van der Waals surface area (Å²) in [5, 5.41) is 0. The second-order valence-corrected chi connectivity index (χ2v) is 8.23. The van der Waals surface area contributed by atoms with E-state index in [0.29, 0.717) is 61.9 Å². The standard InChI is InChI=1S/C23H33NO5/c1-4-6-7-17(5-2)16-28-22(26)24-12-10-23(11-13-24)15-20(25)19-14-18(27-3)8-9-21(19)29-23/h8-9,14,17H,4-7,10-13,15-16H2,1-3H3. The first-order chi connectivity index (χ1) is 14.0.